The molecular weight excluding hydrogens is 290 g/mol. The summed E-state index contributed by atoms with van der Waals surface area (Å²) < 4.78 is 10.7. The van der Waals surface area contributed by atoms with E-state index in [4.69, 9.17) is 9.47 Å². The SMILES string of the molecule is CCCCOCCCNC(=NC)NCc1cccc(COC)c1. The highest BCUT2D eigenvalue weighted by Gasteiger charge is 1.99. The third kappa shape index (κ3) is 9.21. The van der Waals surface area contributed by atoms with Gasteiger partial charge in [-0.15, -0.1) is 0 Å². The standard InChI is InChI=1S/C18H31N3O2/c1-4-5-11-23-12-7-10-20-18(19-2)21-14-16-8-6-9-17(13-16)15-22-3/h6,8-9,13H,4-5,7,10-12,14-15H2,1-3H3,(H2,19,20,21). The van der Waals surface area contributed by atoms with E-state index in [1.54, 1.807) is 14.2 Å². The van der Waals surface area contributed by atoms with Crippen LogP contribution in [0.2, 0.25) is 0 Å². The summed E-state index contributed by atoms with van der Waals surface area (Å²) in [4.78, 5) is 4.24. The number of rotatable bonds is 11. The fourth-order valence-electron chi connectivity index (χ4n) is 2.13. The molecule has 0 radical (unpaired) electrons. The number of ether oxygens (including phenoxy) is 2. The first-order valence-electron chi connectivity index (χ1n) is 8.39. The molecule has 1 aromatic carbocycles. The summed E-state index contributed by atoms with van der Waals surface area (Å²) in [5.41, 5.74) is 2.39. The van der Waals surface area contributed by atoms with E-state index in [0.717, 1.165) is 45.1 Å². The zero-order valence-electron chi connectivity index (χ0n) is 14.7. The number of nitrogens with one attached hydrogen (secondary N) is 2. The summed E-state index contributed by atoms with van der Waals surface area (Å²) in [6.45, 7) is 6.06. The van der Waals surface area contributed by atoms with Crippen LogP contribution in [0.1, 0.15) is 37.3 Å². The fourth-order valence-corrected chi connectivity index (χ4v) is 2.13. The highest BCUT2D eigenvalue weighted by Crippen LogP contribution is 2.06. The first kappa shape index (κ1) is 19.5. The predicted molar refractivity (Wildman–Crippen MR) is 95.7 cm³/mol. The van der Waals surface area contributed by atoms with Crippen molar-refractivity contribution in [1.29, 1.82) is 0 Å². The van der Waals surface area contributed by atoms with Gasteiger partial charge in [-0.1, -0.05) is 37.6 Å². The van der Waals surface area contributed by atoms with Crippen molar-refractivity contribution in [2.24, 2.45) is 4.99 Å². The Balaban J connectivity index is 2.22. The Bertz CT molecular complexity index is 450. The van der Waals surface area contributed by atoms with Crippen LogP contribution in [0.5, 0.6) is 0 Å². The van der Waals surface area contributed by atoms with Gasteiger partial charge in [0.1, 0.15) is 0 Å². The van der Waals surface area contributed by atoms with Crippen LogP contribution < -0.4 is 10.6 Å². The van der Waals surface area contributed by atoms with Crippen molar-refractivity contribution in [3.8, 4) is 0 Å². The second kappa shape index (κ2) is 12.9. The minimum absolute atomic E-state index is 0.638. The van der Waals surface area contributed by atoms with E-state index in [1.165, 1.54) is 17.5 Å². The molecule has 0 spiro atoms. The lowest BCUT2D eigenvalue weighted by Gasteiger charge is -2.12. The van der Waals surface area contributed by atoms with Crippen LogP contribution in [0.15, 0.2) is 29.3 Å². The van der Waals surface area contributed by atoms with E-state index in [1.807, 2.05) is 0 Å². The van der Waals surface area contributed by atoms with E-state index >= 15 is 0 Å². The number of hydrogen-bond acceptors (Lipinski definition) is 3. The maximum absolute atomic E-state index is 5.54. The molecular formula is C18H31N3O2. The highest BCUT2D eigenvalue weighted by atomic mass is 16.5. The summed E-state index contributed by atoms with van der Waals surface area (Å²) in [6, 6.07) is 8.36. The summed E-state index contributed by atoms with van der Waals surface area (Å²) >= 11 is 0. The largest absolute Gasteiger partial charge is 0.381 e. The Morgan fingerprint density at radius 2 is 1.91 bits per heavy atom. The van der Waals surface area contributed by atoms with Gasteiger partial charge in [0.2, 0.25) is 0 Å². The number of unbranched alkanes of at least 4 members (excludes halogenated alkanes) is 1. The van der Waals surface area contributed by atoms with E-state index in [0.29, 0.717) is 6.61 Å². The molecule has 0 atom stereocenters. The summed E-state index contributed by atoms with van der Waals surface area (Å²) in [5.74, 6) is 0.815. The van der Waals surface area contributed by atoms with Gasteiger partial charge in [0.05, 0.1) is 6.61 Å². The van der Waals surface area contributed by atoms with Crippen LogP contribution in [0, 0.1) is 0 Å². The lowest BCUT2D eigenvalue weighted by Crippen LogP contribution is -2.37. The van der Waals surface area contributed by atoms with Gasteiger partial charge in [-0.05, 0) is 24.0 Å². The molecule has 2 N–H and O–H groups in total. The molecule has 0 aliphatic rings. The third-order valence-electron chi connectivity index (χ3n) is 3.39. The van der Waals surface area contributed by atoms with E-state index in [-0.39, 0.29) is 0 Å². The lowest BCUT2D eigenvalue weighted by atomic mass is 10.1. The van der Waals surface area contributed by atoms with Gasteiger partial charge in [-0.2, -0.15) is 0 Å². The number of nitrogens with zero attached hydrogens (tertiary/aromatic N) is 1. The minimum atomic E-state index is 0.638. The van der Waals surface area contributed by atoms with Gasteiger partial charge >= 0.3 is 0 Å². The van der Waals surface area contributed by atoms with Crippen molar-refractivity contribution < 1.29 is 9.47 Å². The first-order valence-corrected chi connectivity index (χ1v) is 8.39. The minimum Gasteiger partial charge on any atom is -0.381 e. The zero-order valence-corrected chi connectivity index (χ0v) is 14.7. The molecule has 0 saturated carbocycles. The maximum atomic E-state index is 5.54. The van der Waals surface area contributed by atoms with E-state index < -0.39 is 0 Å². The third-order valence-corrected chi connectivity index (χ3v) is 3.39. The molecule has 0 fully saturated rings. The van der Waals surface area contributed by atoms with Gasteiger partial charge in [-0.25, -0.2) is 0 Å². The normalized spacial score (nSPS) is 11.5. The van der Waals surface area contributed by atoms with Crippen LogP contribution in [0.25, 0.3) is 0 Å². The quantitative estimate of drug-likeness (QED) is 0.374. The molecule has 0 saturated heterocycles. The molecule has 0 bridgehead atoms. The molecule has 0 unspecified atom stereocenters. The number of guanidine groups is 1. The summed E-state index contributed by atoms with van der Waals surface area (Å²) in [6.07, 6.45) is 3.30. The van der Waals surface area contributed by atoms with Crippen molar-refractivity contribution >= 4 is 5.96 Å². The number of hydrogen-bond donors (Lipinski definition) is 2. The smallest absolute Gasteiger partial charge is 0.191 e. The van der Waals surface area contributed by atoms with Crippen LogP contribution in [0.4, 0.5) is 0 Å². The molecule has 1 aromatic rings. The predicted octanol–water partition coefficient (Wildman–Crippen LogP) is 2.70. The Hall–Kier alpha value is -1.59. The highest BCUT2D eigenvalue weighted by molar-refractivity contribution is 5.79. The number of benzene rings is 1. The average molecular weight is 321 g/mol. The van der Waals surface area contributed by atoms with E-state index in [9.17, 15) is 0 Å². The molecule has 0 aromatic heterocycles. The zero-order chi connectivity index (χ0) is 16.8. The van der Waals surface area contributed by atoms with Crippen molar-refractivity contribution in [3.05, 3.63) is 35.4 Å². The van der Waals surface area contributed by atoms with Gasteiger partial charge < -0.3 is 20.1 Å². The van der Waals surface area contributed by atoms with Crippen LogP contribution >= 0.6 is 0 Å². The van der Waals surface area contributed by atoms with Gasteiger partial charge in [0.15, 0.2) is 5.96 Å². The Labute approximate surface area is 140 Å². The van der Waals surface area contributed by atoms with Crippen LogP contribution in [-0.2, 0) is 22.6 Å². The fraction of sp³-hybridized carbons (Fsp3) is 0.611. The maximum Gasteiger partial charge on any atom is 0.191 e. The molecule has 0 heterocycles. The second-order valence-electron chi connectivity index (χ2n) is 5.42. The molecule has 0 aliphatic heterocycles. The molecule has 1 rings (SSSR count). The van der Waals surface area contributed by atoms with Gasteiger partial charge in [-0.3, -0.25) is 4.99 Å². The Morgan fingerprint density at radius 1 is 1.13 bits per heavy atom. The average Bonchev–Trinajstić information content (AvgIpc) is 2.57. The number of aliphatic imine (C=N–C) groups is 1. The van der Waals surface area contributed by atoms with Gasteiger partial charge in [0, 0.05) is 40.5 Å². The Morgan fingerprint density at radius 3 is 2.65 bits per heavy atom. The van der Waals surface area contributed by atoms with Crippen molar-refractivity contribution in [3.63, 3.8) is 0 Å². The number of methoxy groups -OCH3 is 1. The topological polar surface area (TPSA) is 54.9 Å². The van der Waals surface area contributed by atoms with Gasteiger partial charge in [0.25, 0.3) is 0 Å². The molecule has 5 heteroatoms. The molecule has 130 valence electrons. The van der Waals surface area contributed by atoms with Crippen molar-refractivity contribution in [1.82, 2.24) is 10.6 Å². The summed E-state index contributed by atoms with van der Waals surface area (Å²) in [7, 11) is 3.50. The Kier molecular flexibility index (Phi) is 10.9. The van der Waals surface area contributed by atoms with Crippen molar-refractivity contribution in [2.75, 3.05) is 33.9 Å². The van der Waals surface area contributed by atoms with E-state index in [2.05, 4.69) is 46.8 Å². The van der Waals surface area contributed by atoms with Crippen LogP contribution in [0.3, 0.4) is 0 Å². The molecule has 0 aliphatic carbocycles. The molecule has 23 heavy (non-hydrogen) atoms. The molecule has 5 nitrogen and oxygen atoms in total. The first-order chi connectivity index (χ1) is 11.3. The summed E-state index contributed by atoms with van der Waals surface area (Å²) in [5, 5.41) is 6.63. The lowest BCUT2D eigenvalue weighted by molar-refractivity contribution is 0.129. The van der Waals surface area contributed by atoms with Crippen LogP contribution in [-0.4, -0.2) is 39.9 Å². The molecule has 0 amide bonds. The van der Waals surface area contributed by atoms with Crippen molar-refractivity contribution in [2.45, 2.75) is 39.3 Å². The second-order valence-corrected chi connectivity index (χ2v) is 5.42. The monoisotopic (exact) mass is 321 g/mol.